The summed E-state index contributed by atoms with van der Waals surface area (Å²) in [7, 11) is 0. The lowest BCUT2D eigenvalue weighted by Gasteiger charge is -2.17. The molecular formula is C21H25N3O3S. The summed E-state index contributed by atoms with van der Waals surface area (Å²) in [5.74, 6) is 1.30. The highest BCUT2D eigenvalue weighted by atomic mass is 32.1. The van der Waals surface area contributed by atoms with E-state index in [1.165, 1.54) is 30.2 Å². The fraction of sp³-hybridized carbons (Fsp3) is 0.381. The zero-order chi connectivity index (χ0) is 19.9. The summed E-state index contributed by atoms with van der Waals surface area (Å²) in [6.07, 6.45) is 6.24. The van der Waals surface area contributed by atoms with Gasteiger partial charge in [-0.3, -0.25) is 10.1 Å². The van der Waals surface area contributed by atoms with E-state index in [9.17, 15) is 10.1 Å². The molecule has 0 fully saturated rings. The molecule has 2 heterocycles. The molecule has 0 amide bonds. The van der Waals surface area contributed by atoms with E-state index in [1.807, 2.05) is 17.5 Å². The standard InChI is InChI=1S/C21H25N3O3S/c1-3-5-9-16(4-2)14-23-19(20-12-8-13-27-20)15-28-21(23)22-17-10-6-7-11-18(17)24(25)26/h6-8,10-13,15-16H,3-5,9,14H2,1-2H3. The van der Waals surface area contributed by atoms with Crippen LogP contribution in [-0.4, -0.2) is 9.49 Å². The first-order valence-corrected chi connectivity index (χ1v) is 10.5. The maximum Gasteiger partial charge on any atom is 0.294 e. The predicted molar refractivity (Wildman–Crippen MR) is 112 cm³/mol. The van der Waals surface area contributed by atoms with E-state index >= 15 is 0 Å². The van der Waals surface area contributed by atoms with Crippen LogP contribution in [-0.2, 0) is 6.54 Å². The Kier molecular flexibility index (Phi) is 6.81. The van der Waals surface area contributed by atoms with Crippen molar-refractivity contribution in [3.63, 3.8) is 0 Å². The van der Waals surface area contributed by atoms with E-state index in [4.69, 9.17) is 4.42 Å². The largest absolute Gasteiger partial charge is 0.463 e. The molecule has 1 unspecified atom stereocenters. The predicted octanol–water partition coefficient (Wildman–Crippen LogP) is 6.17. The minimum Gasteiger partial charge on any atom is -0.463 e. The first-order chi connectivity index (χ1) is 13.6. The number of hydrogen-bond acceptors (Lipinski definition) is 5. The molecule has 148 valence electrons. The number of thiazole rings is 1. The molecule has 0 spiro atoms. The Balaban J connectivity index is 2.08. The molecule has 1 atom stereocenters. The Labute approximate surface area is 168 Å². The van der Waals surface area contributed by atoms with Crippen LogP contribution in [0.5, 0.6) is 0 Å². The van der Waals surface area contributed by atoms with Crippen molar-refractivity contribution in [2.75, 3.05) is 0 Å². The van der Waals surface area contributed by atoms with Gasteiger partial charge in [-0.2, -0.15) is 0 Å². The van der Waals surface area contributed by atoms with Crippen molar-refractivity contribution in [1.82, 2.24) is 4.57 Å². The lowest BCUT2D eigenvalue weighted by atomic mass is 9.99. The van der Waals surface area contributed by atoms with E-state index in [-0.39, 0.29) is 10.6 Å². The Bertz CT molecular complexity index is 973. The van der Waals surface area contributed by atoms with E-state index < -0.39 is 0 Å². The van der Waals surface area contributed by atoms with Crippen LogP contribution in [0.1, 0.15) is 39.5 Å². The number of rotatable bonds is 9. The maximum atomic E-state index is 11.4. The third-order valence-electron chi connectivity index (χ3n) is 4.85. The van der Waals surface area contributed by atoms with Gasteiger partial charge in [0, 0.05) is 18.0 Å². The average molecular weight is 400 g/mol. The van der Waals surface area contributed by atoms with Crippen molar-refractivity contribution in [2.24, 2.45) is 10.9 Å². The summed E-state index contributed by atoms with van der Waals surface area (Å²) in [6, 6.07) is 10.4. The van der Waals surface area contributed by atoms with Gasteiger partial charge in [0.05, 0.1) is 16.9 Å². The molecular weight excluding hydrogens is 374 g/mol. The van der Waals surface area contributed by atoms with Gasteiger partial charge in [-0.05, 0) is 30.5 Å². The van der Waals surface area contributed by atoms with Crippen molar-refractivity contribution in [3.8, 4) is 11.5 Å². The summed E-state index contributed by atoms with van der Waals surface area (Å²) in [5, 5.41) is 13.4. The monoisotopic (exact) mass is 399 g/mol. The summed E-state index contributed by atoms with van der Waals surface area (Å²) < 4.78 is 7.76. The fourth-order valence-electron chi connectivity index (χ4n) is 3.21. The molecule has 2 aromatic heterocycles. The number of furan rings is 1. The zero-order valence-corrected chi connectivity index (χ0v) is 17.0. The van der Waals surface area contributed by atoms with Gasteiger partial charge in [0.15, 0.2) is 10.6 Å². The van der Waals surface area contributed by atoms with Crippen LogP contribution in [0.2, 0.25) is 0 Å². The molecule has 3 aromatic rings. The highest BCUT2D eigenvalue weighted by Gasteiger charge is 2.17. The van der Waals surface area contributed by atoms with Gasteiger partial charge in [0.2, 0.25) is 0 Å². The fourth-order valence-corrected chi connectivity index (χ4v) is 4.12. The lowest BCUT2D eigenvalue weighted by Crippen LogP contribution is -2.21. The highest BCUT2D eigenvalue weighted by molar-refractivity contribution is 7.07. The van der Waals surface area contributed by atoms with Crippen molar-refractivity contribution in [2.45, 2.75) is 46.1 Å². The molecule has 0 saturated carbocycles. The zero-order valence-electron chi connectivity index (χ0n) is 16.2. The summed E-state index contributed by atoms with van der Waals surface area (Å²) in [6.45, 7) is 5.22. The van der Waals surface area contributed by atoms with Gasteiger partial charge in [-0.1, -0.05) is 45.2 Å². The van der Waals surface area contributed by atoms with Gasteiger partial charge >= 0.3 is 0 Å². The Morgan fingerprint density at radius 2 is 2.07 bits per heavy atom. The third kappa shape index (κ3) is 4.59. The van der Waals surface area contributed by atoms with Crippen LogP contribution < -0.4 is 4.80 Å². The number of hydrogen-bond donors (Lipinski definition) is 0. The van der Waals surface area contributed by atoms with Gasteiger partial charge in [0.1, 0.15) is 5.69 Å². The highest BCUT2D eigenvalue weighted by Crippen LogP contribution is 2.28. The molecule has 0 N–H and O–H groups in total. The Morgan fingerprint density at radius 3 is 2.75 bits per heavy atom. The van der Waals surface area contributed by atoms with Crippen LogP contribution >= 0.6 is 11.3 Å². The quantitative estimate of drug-likeness (QED) is 0.319. The van der Waals surface area contributed by atoms with Crippen LogP contribution in [0.25, 0.3) is 11.5 Å². The molecule has 3 rings (SSSR count). The molecule has 0 radical (unpaired) electrons. The van der Waals surface area contributed by atoms with E-state index in [1.54, 1.807) is 24.5 Å². The van der Waals surface area contributed by atoms with Crippen molar-refractivity contribution in [3.05, 3.63) is 63.0 Å². The van der Waals surface area contributed by atoms with E-state index in [0.29, 0.717) is 11.6 Å². The van der Waals surface area contributed by atoms with E-state index in [0.717, 1.165) is 35.6 Å². The molecule has 1 aromatic carbocycles. The molecule has 7 heteroatoms. The number of nitrogens with zero attached hydrogens (tertiary/aromatic N) is 3. The SMILES string of the molecule is CCCCC(CC)Cn1c(-c2ccco2)csc1=Nc1ccccc1[N+](=O)[O-]. The average Bonchev–Trinajstić information content (AvgIpc) is 3.35. The number of benzene rings is 1. The van der Waals surface area contributed by atoms with Gasteiger partial charge in [0.25, 0.3) is 5.69 Å². The van der Waals surface area contributed by atoms with Crippen molar-refractivity contribution < 1.29 is 9.34 Å². The molecule has 0 aliphatic rings. The maximum absolute atomic E-state index is 11.4. The molecule has 6 nitrogen and oxygen atoms in total. The number of unbranched alkanes of at least 4 members (excludes halogenated alkanes) is 1. The first kappa shape index (κ1) is 20.1. The second-order valence-electron chi connectivity index (χ2n) is 6.77. The number of aromatic nitrogens is 1. The topological polar surface area (TPSA) is 73.6 Å². The molecule has 0 bridgehead atoms. The van der Waals surface area contributed by atoms with Gasteiger partial charge in [-0.15, -0.1) is 11.3 Å². The summed E-state index contributed by atoms with van der Waals surface area (Å²) in [4.78, 5) is 16.4. The molecule has 0 saturated heterocycles. The number of nitro groups is 1. The van der Waals surface area contributed by atoms with Crippen LogP contribution in [0, 0.1) is 16.0 Å². The van der Waals surface area contributed by atoms with Gasteiger partial charge in [-0.25, -0.2) is 4.99 Å². The number of nitro benzene ring substituents is 1. The Hall–Kier alpha value is -2.67. The Morgan fingerprint density at radius 1 is 1.25 bits per heavy atom. The second-order valence-corrected chi connectivity index (χ2v) is 7.60. The third-order valence-corrected chi connectivity index (χ3v) is 5.71. The number of para-hydroxylation sites is 2. The smallest absolute Gasteiger partial charge is 0.294 e. The van der Waals surface area contributed by atoms with Crippen LogP contribution in [0.4, 0.5) is 11.4 Å². The molecule has 28 heavy (non-hydrogen) atoms. The van der Waals surface area contributed by atoms with Crippen LogP contribution in [0.15, 0.2) is 57.5 Å². The second kappa shape index (κ2) is 9.50. The minimum atomic E-state index is -0.389. The van der Waals surface area contributed by atoms with Crippen molar-refractivity contribution in [1.29, 1.82) is 0 Å². The molecule has 0 aliphatic carbocycles. The summed E-state index contributed by atoms with van der Waals surface area (Å²) >= 11 is 1.48. The normalized spacial score (nSPS) is 13.0. The van der Waals surface area contributed by atoms with E-state index in [2.05, 4.69) is 23.4 Å². The molecule has 0 aliphatic heterocycles. The summed E-state index contributed by atoms with van der Waals surface area (Å²) in [5.41, 5.74) is 1.35. The van der Waals surface area contributed by atoms with Crippen molar-refractivity contribution >= 4 is 22.7 Å². The first-order valence-electron chi connectivity index (χ1n) is 9.64. The lowest BCUT2D eigenvalue weighted by molar-refractivity contribution is -0.384. The van der Waals surface area contributed by atoms with Crippen LogP contribution in [0.3, 0.4) is 0 Å². The minimum absolute atomic E-state index is 0.0139. The van der Waals surface area contributed by atoms with Gasteiger partial charge < -0.3 is 8.98 Å².